The summed E-state index contributed by atoms with van der Waals surface area (Å²) in [5.74, 6) is -2.63. The molecule has 0 radical (unpaired) electrons. The first-order valence-corrected chi connectivity index (χ1v) is 10.7. The minimum Gasteiger partial charge on any atom is -0.452 e. The second kappa shape index (κ2) is 9.79. The van der Waals surface area contributed by atoms with Crippen molar-refractivity contribution in [2.75, 3.05) is 32.9 Å². The van der Waals surface area contributed by atoms with Gasteiger partial charge in [-0.3, -0.25) is 4.79 Å². The van der Waals surface area contributed by atoms with Crippen LogP contribution in [0.2, 0.25) is 0 Å². The van der Waals surface area contributed by atoms with E-state index in [2.05, 4.69) is 5.32 Å². The van der Waals surface area contributed by atoms with Crippen LogP contribution >= 0.6 is 0 Å². The first-order valence-electron chi connectivity index (χ1n) is 9.23. The molecule has 0 saturated carbocycles. The van der Waals surface area contributed by atoms with Crippen molar-refractivity contribution in [2.24, 2.45) is 0 Å². The van der Waals surface area contributed by atoms with Gasteiger partial charge in [-0.2, -0.15) is 4.31 Å². The van der Waals surface area contributed by atoms with Crippen molar-refractivity contribution in [1.82, 2.24) is 9.62 Å². The molecule has 1 saturated heterocycles. The lowest BCUT2D eigenvalue weighted by Crippen LogP contribution is -2.40. The van der Waals surface area contributed by atoms with Crippen molar-refractivity contribution in [3.05, 3.63) is 65.5 Å². The van der Waals surface area contributed by atoms with Gasteiger partial charge >= 0.3 is 5.97 Å². The van der Waals surface area contributed by atoms with E-state index >= 15 is 0 Å². The molecule has 1 heterocycles. The molecular weight excluding hydrogens is 415 g/mol. The maximum absolute atomic E-state index is 14.1. The molecule has 0 bridgehead atoms. The van der Waals surface area contributed by atoms with Crippen molar-refractivity contribution in [3.8, 4) is 0 Å². The molecule has 3 rings (SSSR count). The highest BCUT2D eigenvalue weighted by molar-refractivity contribution is 7.89. The number of hydrogen-bond acceptors (Lipinski definition) is 6. The number of esters is 1. The highest BCUT2D eigenvalue weighted by Crippen LogP contribution is 2.21. The lowest BCUT2D eigenvalue weighted by molar-refractivity contribution is -0.124. The molecule has 0 atom stereocenters. The molecule has 0 unspecified atom stereocenters. The summed E-state index contributed by atoms with van der Waals surface area (Å²) in [6, 6.07) is 12.0. The van der Waals surface area contributed by atoms with E-state index in [0.29, 0.717) is 0 Å². The Labute approximate surface area is 173 Å². The molecule has 1 aliphatic heterocycles. The van der Waals surface area contributed by atoms with Gasteiger partial charge in [0.25, 0.3) is 5.91 Å². The topological polar surface area (TPSA) is 102 Å². The lowest BCUT2D eigenvalue weighted by Gasteiger charge is -2.26. The molecule has 1 fully saturated rings. The number of carbonyl (C=O) groups excluding carboxylic acids is 2. The molecule has 8 nitrogen and oxygen atoms in total. The molecule has 0 aromatic heterocycles. The first-order chi connectivity index (χ1) is 14.4. The Balaban J connectivity index is 1.62. The Bertz CT molecular complexity index is 1010. The van der Waals surface area contributed by atoms with Gasteiger partial charge in [-0.25, -0.2) is 17.6 Å². The minimum absolute atomic E-state index is 0.168. The summed E-state index contributed by atoms with van der Waals surface area (Å²) in [6.07, 6.45) is 0. The van der Waals surface area contributed by atoms with Crippen molar-refractivity contribution in [3.63, 3.8) is 0 Å². The predicted molar refractivity (Wildman–Crippen MR) is 105 cm³/mol. The number of rotatable bonds is 7. The van der Waals surface area contributed by atoms with Gasteiger partial charge < -0.3 is 14.8 Å². The Kier molecular flexibility index (Phi) is 7.14. The lowest BCUT2D eigenvalue weighted by atomic mass is 10.2. The number of nitrogens with zero attached hydrogens (tertiary/aromatic N) is 1. The fraction of sp³-hybridized carbons (Fsp3) is 0.300. The Morgan fingerprint density at radius 1 is 1.10 bits per heavy atom. The normalized spacial score (nSPS) is 14.8. The zero-order chi connectivity index (χ0) is 21.6. The molecular formula is C20H21FN2O6S. The number of ether oxygens (including phenoxy) is 2. The molecule has 2 aromatic carbocycles. The summed E-state index contributed by atoms with van der Waals surface area (Å²) < 4.78 is 50.7. The van der Waals surface area contributed by atoms with Crippen LogP contribution < -0.4 is 5.32 Å². The highest BCUT2D eigenvalue weighted by atomic mass is 32.2. The van der Waals surface area contributed by atoms with Crippen LogP contribution in [-0.4, -0.2) is 57.5 Å². The van der Waals surface area contributed by atoms with Gasteiger partial charge in [0, 0.05) is 19.6 Å². The Hall–Kier alpha value is -2.82. The average molecular weight is 436 g/mol. The van der Waals surface area contributed by atoms with Crippen LogP contribution in [-0.2, 0) is 30.8 Å². The van der Waals surface area contributed by atoms with Gasteiger partial charge in [-0.05, 0) is 23.8 Å². The van der Waals surface area contributed by atoms with E-state index in [9.17, 15) is 22.4 Å². The maximum Gasteiger partial charge on any atom is 0.341 e. The van der Waals surface area contributed by atoms with E-state index in [-0.39, 0.29) is 37.7 Å². The number of benzene rings is 2. The van der Waals surface area contributed by atoms with Gasteiger partial charge in [0.05, 0.1) is 23.7 Å². The summed E-state index contributed by atoms with van der Waals surface area (Å²) in [7, 11) is -3.91. The second-order valence-electron chi connectivity index (χ2n) is 6.50. The Morgan fingerprint density at radius 3 is 2.50 bits per heavy atom. The number of sulfonamides is 1. The zero-order valence-corrected chi connectivity index (χ0v) is 16.9. The summed E-state index contributed by atoms with van der Waals surface area (Å²) in [4.78, 5) is 23.9. The third kappa shape index (κ3) is 5.41. The fourth-order valence-corrected chi connectivity index (χ4v) is 4.25. The average Bonchev–Trinajstić information content (AvgIpc) is 2.77. The monoisotopic (exact) mass is 436 g/mol. The molecule has 1 aliphatic rings. The van der Waals surface area contributed by atoms with Crippen LogP contribution in [0.15, 0.2) is 53.4 Å². The molecule has 0 aliphatic carbocycles. The van der Waals surface area contributed by atoms with Crippen LogP contribution in [0.1, 0.15) is 15.9 Å². The van der Waals surface area contributed by atoms with Crippen LogP contribution in [0.3, 0.4) is 0 Å². The number of nitrogens with one attached hydrogen (secondary N) is 1. The number of morpholine rings is 1. The summed E-state index contributed by atoms with van der Waals surface area (Å²) >= 11 is 0. The van der Waals surface area contributed by atoms with Crippen molar-refractivity contribution < 1.29 is 31.9 Å². The van der Waals surface area contributed by atoms with Crippen molar-refractivity contribution >= 4 is 21.9 Å². The van der Waals surface area contributed by atoms with Crippen LogP contribution in [0.5, 0.6) is 0 Å². The van der Waals surface area contributed by atoms with Gasteiger partial charge in [-0.1, -0.05) is 30.3 Å². The van der Waals surface area contributed by atoms with E-state index in [4.69, 9.17) is 9.47 Å². The molecule has 30 heavy (non-hydrogen) atoms. The van der Waals surface area contributed by atoms with Crippen LogP contribution in [0, 0.1) is 5.82 Å². The fourth-order valence-electron chi connectivity index (χ4n) is 2.81. The van der Waals surface area contributed by atoms with Crippen molar-refractivity contribution in [2.45, 2.75) is 11.4 Å². The summed E-state index contributed by atoms with van der Waals surface area (Å²) in [6.45, 7) is 0.480. The summed E-state index contributed by atoms with van der Waals surface area (Å²) in [5.41, 5.74) is 0.310. The van der Waals surface area contributed by atoms with Gasteiger partial charge in [0.2, 0.25) is 10.0 Å². The van der Waals surface area contributed by atoms with Gasteiger partial charge in [-0.15, -0.1) is 0 Å². The standard InChI is InChI=1S/C20H21FN2O6S/c21-18-7-6-16(30(26,27)23-8-10-28-11-9-23)12-17(18)20(25)29-14-19(24)22-13-15-4-2-1-3-5-15/h1-7,12H,8-11,13-14H2,(H,22,24). The van der Waals surface area contributed by atoms with E-state index in [1.54, 1.807) is 0 Å². The van der Waals surface area contributed by atoms with Gasteiger partial charge in [0.15, 0.2) is 6.61 Å². The highest BCUT2D eigenvalue weighted by Gasteiger charge is 2.28. The maximum atomic E-state index is 14.1. The van der Waals surface area contributed by atoms with E-state index in [1.807, 2.05) is 30.3 Å². The quantitative estimate of drug-likeness (QED) is 0.657. The summed E-state index contributed by atoms with van der Waals surface area (Å²) in [5, 5.41) is 2.57. The minimum atomic E-state index is -3.91. The number of carbonyl (C=O) groups is 2. The molecule has 160 valence electrons. The van der Waals surface area contributed by atoms with Crippen LogP contribution in [0.4, 0.5) is 4.39 Å². The smallest absolute Gasteiger partial charge is 0.341 e. The van der Waals surface area contributed by atoms with E-state index in [1.165, 1.54) is 4.31 Å². The molecule has 0 spiro atoms. The Morgan fingerprint density at radius 2 is 1.80 bits per heavy atom. The first kappa shape index (κ1) is 21.9. The van der Waals surface area contributed by atoms with E-state index in [0.717, 1.165) is 23.8 Å². The second-order valence-corrected chi connectivity index (χ2v) is 8.43. The molecule has 10 heteroatoms. The largest absolute Gasteiger partial charge is 0.452 e. The molecule has 1 amide bonds. The molecule has 1 N–H and O–H groups in total. The SMILES string of the molecule is O=C(COC(=O)c1cc(S(=O)(=O)N2CCOCC2)ccc1F)NCc1ccccc1. The number of amides is 1. The predicted octanol–water partition coefficient (Wildman–Crippen LogP) is 1.32. The molecule has 2 aromatic rings. The zero-order valence-electron chi connectivity index (χ0n) is 16.0. The number of halogens is 1. The third-order valence-corrected chi connectivity index (χ3v) is 6.33. The van der Waals surface area contributed by atoms with Crippen molar-refractivity contribution in [1.29, 1.82) is 0 Å². The van der Waals surface area contributed by atoms with E-state index < -0.39 is 39.9 Å². The van der Waals surface area contributed by atoms with Gasteiger partial charge in [0.1, 0.15) is 5.82 Å². The van der Waals surface area contributed by atoms with Crippen LogP contribution in [0.25, 0.3) is 0 Å². The number of hydrogen-bond donors (Lipinski definition) is 1. The third-order valence-electron chi connectivity index (χ3n) is 4.43.